The molecule has 0 aliphatic heterocycles. The summed E-state index contributed by atoms with van der Waals surface area (Å²) in [5, 5.41) is 2.95. The van der Waals surface area contributed by atoms with E-state index < -0.39 is 5.41 Å². The van der Waals surface area contributed by atoms with Crippen LogP contribution >= 0.6 is 12.2 Å². The van der Waals surface area contributed by atoms with Crippen LogP contribution in [0.1, 0.15) is 40.0 Å². The molecule has 17 heavy (non-hydrogen) atoms. The van der Waals surface area contributed by atoms with Gasteiger partial charge in [-0.15, -0.1) is 0 Å². The molecule has 4 nitrogen and oxygen atoms in total. The Morgan fingerprint density at radius 1 is 1.47 bits per heavy atom. The molecule has 1 unspecified atom stereocenters. The molecule has 0 rings (SSSR count). The van der Waals surface area contributed by atoms with Crippen molar-refractivity contribution >= 4 is 23.1 Å². The third-order valence-electron chi connectivity index (χ3n) is 3.25. The molecular formula is C12H24N2O2S. The zero-order chi connectivity index (χ0) is 13.5. The molecule has 0 spiro atoms. The Morgan fingerprint density at radius 2 is 2.00 bits per heavy atom. The van der Waals surface area contributed by atoms with Gasteiger partial charge in [0.15, 0.2) is 0 Å². The van der Waals surface area contributed by atoms with Gasteiger partial charge in [0.1, 0.15) is 0 Å². The van der Waals surface area contributed by atoms with Gasteiger partial charge in [-0.2, -0.15) is 0 Å². The number of rotatable bonds is 8. The number of carbonyl (C=O) groups is 1. The summed E-state index contributed by atoms with van der Waals surface area (Å²) in [6, 6.07) is 0.0641. The van der Waals surface area contributed by atoms with Gasteiger partial charge >= 0.3 is 0 Å². The van der Waals surface area contributed by atoms with Gasteiger partial charge in [0.05, 0.1) is 10.4 Å². The number of ether oxygens (including phenoxy) is 1. The second kappa shape index (κ2) is 7.61. The van der Waals surface area contributed by atoms with Crippen LogP contribution in [-0.2, 0) is 9.53 Å². The van der Waals surface area contributed by atoms with E-state index in [1.54, 1.807) is 7.11 Å². The summed E-state index contributed by atoms with van der Waals surface area (Å²) in [4.78, 5) is 12.5. The molecule has 0 aromatic carbocycles. The minimum atomic E-state index is -0.712. The van der Waals surface area contributed by atoms with Gasteiger partial charge in [-0.05, 0) is 26.2 Å². The molecular weight excluding hydrogens is 236 g/mol. The van der Waals surface area contributed by atoms with Crippen molar-refractivity contribution in [3.63, 3.8) is 0 Å². The third-order valence-corrected chi connectivity index (χ3v) is 3.64. The first-order chi connectivity index (χ1) is 7.94. The Bertz CT molecular complexity index is 265. The topological polar surface area (TPSA) is 64.3 Å². The van der Waals surface area contributed by atoms with Gasteiger partial charge in [0.2, 0.25) is 5.91 Å². The van der Waals surface area contributed by atoms with E-state index >= 15 is 0 Å². The van der Waals surface area contributed by atoms with Gasteiger partial charge in [0.25, 0.3) is 0 Å². The van der Waals surface area contributed by atoms with E-state index in [0.29, 0.717) is 19.4 Å². The van der Waals surface area contributed by atoms with Crippen LogP contribution in [0.15, 0.2) is 0 Å². The average Bonchev–Trinajstić information content (AvgIpc) is 2.28. The Hall–Kier alpha value is -0.680. The fourth-order valence-electron chi connectivity index (χ4n) is 1.76. The maximum atomic E-state index is 12.2. The monoisotopic (exact) mass is 260 g/mol. The van der Waals surface area contributed by atoms with Crippen molar-refractivity contribution in [1.82, 2.24) is 5.32 Å². The number of thiocarbonyl (C=S) groups is 1. The number of nitrogens with two attached hydrogens (primary N) is 1. The van der Waals surface area contributed by atoms with Crippen LogP contribution in [0.4, 0.5) is 0 Å². The predicted octanol–water partition coefficient (Wildman–Crippen LogP) is 1.62. The van der Waals surface area contributed by atoms with Crippen LogP contribution in [0.5, 0.6) is 0 Å². The van der Waals surface area contributed by atoms with Crippen LogP contribution in [-0.4, -0.2) is 30.7 Å². The molecule has 0 fully saturated rings. The van der Waals surface area contributed by atoms with E-state index in [9.17, 15) is 4.79 Å². The summed E-state index contributed by atoms with van der Waals surface area (Å²) in [6.07, 6.45) is 2.03. The molecule has 100 valence electrons. The highest BCUT2D eigenvalue weighted by atomic mass is 32.1. The lowest BCUT2D eigenvalue weighted by molar-refractivity contribution is -0.128. The lowest BCUT2D eigenvalue weighted by atomic mass is 9.81. The summed E-state index contributed by atoms with van der Waals surface area (Å²) in [5.41, 5.74) is 5.00. The quantitative estimate of drug-likeness (QED) is 0.651. The number of amides is 1. The molecule has 0 aromatic rings. The molecule has 0 aliphatic rings. The van der Waals surface area contributed by atoms with Crippen molar-refractivity contribution in [3.05, 3.63) is 0 Å². The SMILES string of the molecule is CCC(CC)(C(=O)NC(C)CCOC)C(N)=S. The van der Waals surface area contributed by atoms with E-state index in [0.717, 1.165) is 6.42 Å². The highest BCUT2D eigenvalue weighted by molar-refractivity contribution is 7.80. The third kappa shape index (κ3) is 4.24. The molecule has 0 bridgehead atoms. The van der Waals surface area contributed by atoms with Gasteiger partial charge in [-0.3, -0.25) is 4.79 Å². The summed E-state index contributed by atoms with van der Waals surface area (Å²) < 4.78 is 4.98. The predicted molar refractivity (Wildman–Crippen MR) is 73.9 cm³/mol. The first-order valence-electron chi connectivity index (χ1n) is 6.04. The van der Waals surface area contributed by atoms with Crippen molar-refractivity contribution in [1.29, 1.82) is 0 Å². The average molecular weight is 260 g/mol. The first-order valence-corrected chi connectivity index (χ1v) is 6.45. The second-order valence-corrected chi connectivity index (χ2v) is 4.75. The molecule has 5 heteroatoms. The molecule has 0 saturated heterocycles. The number of hydrogen-bond acceptors (Lipinski definition) is 3. The zero-order valence-corrected chi connectivity index (χ0v) is 12.0. The molecule has 0 saturated carbocycles. The van der Waals surface area contributed by atoms with E-state index in [2.05, 4.69) is 5.32 Å². The highest BCUT2D eigenvalue weighted by Gasteiger charge is 2.38. The number of methoxy groups -OCH3 is 1. The van der Waals surface area contributed by atoms with Gasteiger partial charge in [-0.1, -0.05) is 26.1 Å². The van der Waals surface area contributed by atoms with Crippen molar-refractivity contribution in [2.45, 2.75) is 46.1 Å². The molecule has 0 radical (unpaired) electrons. The van der Waals surface area contributed by atoms with Crippen LogP contribution in [0.3, 0.4) is 0 Å². The van der Waals surface area contributed by atoms with Crippen molar-refractivity contribution < 1.29 is 9.53 Å². The molecule has 1 amide bonds. The Kier molecular flexibility index (Phi) is 7.30. The maximum Gasteiger partial charge on any atom is 0.233 e. The smallest absolute Gasteiger partial charge is 0.233 e. The van der Waals surface area contributed by atoms with Gasteiger partial charge in [0, 0.05) is 19.8 Å². The standard InChI is InChI=1S/C12H24N2O2S/c1-5-12(6-2,10(13)17)11(15)14-9(3)7-8-16-4/h9H,5-8H2,1-4H3,(H2,13,17)(H,14,15). The fraction of sp³-hybridized carbons (Fsp3) is 0.833. The summed E-state index contributed by atoms with van der Waals surface area (Å²) >= 11 is 5.04. The zero-order valence-electron chi connectivity index (χ0n) is 11.2. The molecule has 1 atom stereocenters. The minimum absolute atomic E-state index is 0.0641. The van der Waals surface area contributed by atoms with Gasteiger partial charge < -0.3 is 15.8 Å². The van der Waals surface area contributed by atoms with Crippen LogP contribution in [0, 0.1) is 5.41 Å². The largest absolute Gasteiger partial charge is 0.392 e. The van der Waals surface area contributed by atoms with Crippen molar-refractivity contribution in [3.8, 4) is 0 Å². The number of carbonyl (C=O) groups excluding carboxylic acids is 1. The number of nitrogens with one attached hydrogen (secondary N) is 1. The summed E-state index contributed by atoms with van der Waals surface area (Å²) in [5.74, 6) is -0.0707. The van der Waals surface area contributed by atoms with Gasteiger partial charge in [-0.25, -0.2) is 0 Å². The summed E-state index contributed by atoms with van der Waals surface area (Å²) in [7, 11) is 1.64. The summed E-state index contributed by atoms with van der Waals surface area (Å²) in [6.45, 7) is 6.44. The molecule has 3 N–H and O–H groups in total. The maximum absolute atomic E-state index is 12.2. The van der Waals surface area contributed by atoms with Crippen molar-refractivity contribution in [2.24, 2.45) is 11.1 Å². The Morgan fingerprint density at radius 3 is 2.35 bits per heavy atom. The van der Waals surface area contributed by atoms with Crippen LogP contribution in [0.25, 0.3) is 0 Å². The highest BCUT2D eigenvalue weighted by Crippen LogP contribution is 2.27. The molecule has 0 aromatic heterocycles. The molecule has 0 heterocycles. The van der Waals surface area contributed by atoms with Crippen LogP contribution in [0.2, 0.25) is 0 Å². The van der Waals surface area contributed by atoms with E-state index in [1.165, 1.54) is 0 Å². The minimum Gasteiger partial charge on any atom is -0.392 e. The lowest BCUT2D eigenvalue weighted by Crippen LogP contribution is -2.50. The number of hydrogen-bond donors (Lipinski definition) is 2. The van der Waals surface area contributed by atoms with E-state index in [1.807, 2.05) is 20.8 Å². The fourth-order valence-corrected chi connectivity index (χ4v) is 2.14. The van der Waals surface area contributed by atoms with Crippen LogP contribution < -0.4 is 11.1 Å². The first kappa shape index (κ1) is 16.3. The van der Waals surface area contributed by atoms with Crippen molar-refractivity contribution in [2.75, 3.05) is 13.7 Å². The second-order valence-electron chi connectivity index (χ2n) is 4.31. The normalized spacial score (nSPS) is 13.2. The Balaban J connectivity index is 4.59. The lowest BCUT2D eigenvalue weighted by Gasteiger charge is -2.30. The molecule has 0 aliphatic carbocycles. The Labute approximate surface area is 109 Å². The van der Waals surface area contributed by atoms with E-state index in [4.69, 9.17) is 22.7 Å². The van der Waals surface area contributed by atoms with E-state index in [-0.39, 0.29) is 16.9 Å².